The first-order valence-corrected chi connectivity index (χ1v) is 15.6. The van der Waals surface area contributed by atoms with E-state index in [2.05, 4.69) is 69.3 Å². The molecule has 5 heteroatoms. The SMILES string of the molecule is COC(=O)CC1c2ccc(CCc3cccc(-c4c(C)cc(OCC(=O)N5CCCC5)cc4C)c3C)cc2CC12CC2. The van der Waals surface area contributed by atoms with Crippen LogP contribution in [0.3, 0.4) is 0 Å². The Kier molecular flexibility index (Phi) is 7.87. The zero-order chi connectivity index (χ0) is 29.4. The quantitative estimate of drug-likeness (QED) is 0.261. The van der Waals surface area contributed by atoms with E-state index in [1.807, 2.05) is 4.90 Å². The summed E-state index contributed by atoms with van der Waals surface area (Å²) in [6.07, 6.45) is 8.16. The van der Waals surface area contributed by atoms with Crippen molar-refractivity contribution in [3.8, 4) is 16.9 Å². The summed E-state index contributed by atoms with van der Waals surface area (Å²) >= 11 is 0. The largest absolute Gasteiger partial charge is 0.484 e. The second-order valence-electron chi connectivity index (χ2n) is 12.8. The van der Waals surface area contributed by atoms with Gasteiger partial charge in [0.05, 0.1) is 13.5 Å². The summed E-state index contributed by atoms with van der Waals surface area (Å²) in [5, 5.41) is 0. The van der Waals surface area contributed by atoms with E-state index in [1.165, 1.54) is 58.9 Å². The number of fused-ring (bicyclic) bond motifs is 1. The maximum atomic E-state index is 12.5. The van der Waals surface area contributed by atoms with E-state index in [4.69, 9.17) is 9.47 Å². The maximum absolute atomic E-state index is 12.5. The van der Waals surface area contributed by atoms with Crippen molar-refractivity contribution in [1.82, 2.24) is 4.90 Å². The van der Waals surface area contributed by atoms with Crippen LogP contribution in [0.4, 0.5) is 0 Å². The number of carbonyl (C=O) groups excluding carboxylic acids is 2. The number of amides is 1. The first kappa shape index (κ1) is 28.5. The molecule has 0 radical (unpaired) electrons. The summed E-state index contributed by atoms with van der Waals surface area (Å²) in [6.45, 7) is 8.30. The molecule has 3 aromatic carbocycles. The lowest BCUT2D eigenvalue weighted by molar-refractivity contribution is -0.141. The third kappa shape index (κ3) is 5.58. The average molecular weight is 566 g/mol. The van der Waals surface area contributed by atoms with E-state index in [9.17, 15) is 9.59 Å². The lowest BCUT2D eigenvalue weighted by Gasteiger charge is -2.19. The number of hydrogen-bond donors (Lipinski definition) is 0. The van der Waals surface area contributed by atoms with Gasteiger partial charge in [0.2, 0.25) is 0 Å². The summed E-state index contributed by atoms with van der Waals surface area (Å²) in [5.74, 6) is 1.04. The third-order valence-electron chi connectivity index (χ3n) is 10.1. The van der Waals surface area contributed by atoms with Gasteiger partial charge in [-0.3, -0.25) is 9.59 Å². The Morgan fingerprint density at radius 2 is 1.69 bits per heavy atom. The van der Waals surface area contributed by atoms with Crippen molar-refractivity contribution in [2.75, 3.05) is 26.8 Å². The molecule has 1 amide bonds. The second-order valence-corrected chi connectivity index (χ2v) is 12.8. The molecule has 42 heavy (non-hydrogen) atoms. The van der Waals surface area contributed by atoms with Crippen molar-refractivity contribution in [3.63, 3.8) is 0 Å². The summed E-state index contributed by atoms with van der Waals surface area (Å²) in [4.78, 5) is 26.5. The molecule has 3 aliphatic rings. The highest BCUT2D eigenvalue weighted by atomic mass is 16.5. The molecule has 2 aliphatic carbocycles. The zero-order valence-corrected chi connectivity index (χ0v) is 25.6. The van der Waals surface area contributed by atoms with Crippen molar-refractivity contribution in [1.29, 1.82) is 0 Å². The van der Waals surface area contributed by atoms with Crippen LogP contribution in [0.15, 0.2) is 48.5 Å². The normalized spacial score (nSPS) is 18.3. The second kappa shape index (κ2) is 11.6. The van der Waals surface area contributed by atoms with Crippen LogP contribution in [0, 0.1) is 26.2 Å². The highest BCUT2D eigenvalue weighted by molar-refractivity contribution is 5.78. The molecule has 1 saturated carbocycles. The van der Waals surface area contributed by atoms with Gasteiger partial charge in [-0.1, -0.05) is 36.4 Å². The van der Waals surface area contributed by atoms with Gasteiger partial charge in [0.25, 0.3) is 5.91 Å². The van der Waals surface area contributed by atoms with E-state index in [-0.39, 0.29) is 18.5 Å². The fourth-order valence-electron chi connectivity index (χ4n) is 7.54. The molecule has 1 atom stereocenters. The van der Waals surface area contributed by atoms with Crippen LogP contribution in [-0.2, 0) is 33.6 Å². The smallest absolute Gasteiger partial charge is 0.306 e. The van der Waals surface area contributed by atoms with Crippen LogP contribution >= 0.6 is 0 Å². The highest BCUT2D eigenvalue weighted by Gasteiger charge is 2.54. The molecule has 3 aromatic rings. The number of likely N-dealkylation sites (tertiary alicyclic amines) is 1. The van der Waals surface area contributed by atoms with Gasteiger partial charge >= 0.3 is 5.97 Å². The maximum Gasteiger partial charge on any atom is 0.306 e. The van der Waals surface area contributed by atoms with Crippen LogP contribution in [0.25, 0.3) is 11.1 Å². The molecule has 1 heterocycles. The standard InChI is InChI=1S/C37H43NO4/c1-24-18-30(42-23-34(39)38-16-5-6-17-38)19-25(2)36(24)31-9-7-8-28(26(31)3)12-10-27-11-13-32-29(20-27)22-37(14-15-37)33(32)21-35(40)41-4/h7-9,11,13,18-20,33H,5-6,10,12,14-17,21-23H2,1-4H3. The fourth-order valence-corrected chi connectivity index (χ4v) is 7.54. The minimum Gasteiger partial charge on any atom is -0.484 e. The van der Waals surface area contributed by atoms with Gasteiger partial charge in [-0.25, -0.2) is 0 Å². The van der Waals surface area contributed by atoms with Crippen molar-refractivity contribution in [2.45, 2.75) is 78.1 Å². The van der Waals surface area contributed by atoms with Crippen LogP contribution in [0.1, 0.15) is 77.0 Å². The lowest BCUT2D eigenvalue weighted by atomic mass is 9.86. The van der Waals surface area contributed by atoms with Gasteiger partial charge in [-0.2, -0.15) is 0 Å². The van der Waals surface area contributed by atoms with Crippen molar-refractivity contribution in [3.05, 3.63) is 87.5 Å². The molecule has 0 aromatic heterocycles. The number of rotatable bonds is 9. The number of carbonyl (C=O) groups is 2. The minimum absolute atomic E-state index is 0.0758. The summed E-state index contributed by atoms with van der Waals surface area (Å²) < 4.78 is 11.0. The van der Waals surface area contributed by atoms with E-state index < -0.39 is 0 Å². The molecule has 2 fully saturated rings. The Hall–Kier alpha value is -3.60. The summed E-state index contributed by atoms with van der Waals surface area (Å²) in [6, 6.07) is 17.7. The van der Waals surface area contributed by atoms with Crippen molar-refractivity contribution < 1.29 is 19.1 Å². The highest BCUT2D eigenvalue weighted by Crippen LogP contribution is 2.64. The predicted molar refractivity (Wildman–Crippen MR) is 166 cm³/mol. The van der Waals surface area contributed by atoms with Gasteiger partial charge in [0.15, 0.2) is 6.61 Å². The van der Waals surface area contributed by atoms with E-state index in [0.29, 0.717) is 17.8 Å². The third-order valence-corrected chi connectivity index (χ3v) is 10.1. The Balaban J connectivity index is 1.15. The van der Waals surface area contributed by atoms with Crippen LogP contribution in [0.5, 0.6) is 5.75 Å². The topological polar surface area (TPSA) is 55.8 Å². The number of ether oxygens (including phenoxy) is 2. The van der Waals surface area contributed by atoms with E-state index in [1.54, 1.807) is 0 Å². The van der Waals surface area contributed by atoms with Gasteiger partial charge in [0, 0.05) is 19.0 Å². The summed E-state index contributed by atoms with van der Waals surface area (Å²) in [7, 11) is 1.49. The summed E-state index contributed by atoms with van der Waals surface area (Å²) in [5.41, 5.74) is 12.0. The lowest BCUT2D eigenvalue weighted by Crippen LogP contribution is -2.32. The van der Waals surface area contributed by atoms with Gasteiger partial charge < -0.3 is 14.4 Å². The fraction of sp³-hybridized carbons (Fsp3) is 0.459. The number of esters is 1. The van der Waals surface area contributed by atoms with Crippen LogP contribution in [-0.4, -0.2) is 43.6 Å². The molecule has 1 saturated heterocycles. The zero-order valence-electron chi connectivity index (χ0n) is 25.6. The molecule has 1 unspecified atom stereocenters. The number of hydrogen-bond acceptors (Lipinski definition) is 4. The van der Waals surface area contributed by atoms with Gasteiger partial charge in [0.1, 0.15) is 5.75 Å². The molecule has 6 rings (SSSR count). The molecule has 1 aliphatic heterocycles. The number of benzene rings is 3. The molecular weight excluding hydrogens is 522 g/mol. The Bertz CT molecular complexity index is 1490. The number of nitrogens with zero attached hydrogens (tertiary/aromatic N) is 1. The van der Waals surface area contributed by atoms with Crippen molar-refractivity contribution in [2.24, 2.45) is 5.41 Å². The molecule has 1 spiro atoms. The van der Waals surface area contributed by atoms with Gasteiger partial charge in [-0.15, -0.1) is 0 Å². The van der Waals surface area contributed by atoms with Crippen molar-refractivity contribution >= 4 is 11.9 Å². The minimum atomic E-state index is -0.0983. The Morgan fingerprint density at radius 3 is 2.38 bits per heavy atom. The van der Waals surface area contributed by atoms with E-state index >= 15 is 0 Å². The van der Waals surface area contributed by atoms with Crippen LogP contribution in [0.2, 0.25) is 0 Å². The van der Waals surface area contributed by atoms with Crippen LogP contribution < -0.4 is 4.74 Å². The first-order chi connectivity index (χ1) is 20.3. The monoisotopic (exact) mass is 565 g/mol. The number of methoxy groups -OCH3 is 1. The Labute approximate surface area is 250 Å². The predicted octanol–water partition coefficient (Wildman–Crippen LogP) is 7.05. The van der Waals surface area contributed by atoms with E-state index in [0.717, 1.165) is 62.1 Å². The molecule has 0 N–H and O–H groups in total. The first-order valence-electron chi connectivity index (χ1n) is 15.6. The molecular formula is C37H43NO4. The molecule has 0 bridgehead atoms. The number of aryl methyl sites for hydroxylation is 4. The molecule has 5 nitrogen and oxygen atoms in total. The average Bonchev–Trinajstić information content (AvgIpc) is 3.40. The van der Waals surface area contributed by atoms with Gasteiger partial charge in [-0.05, 0) is 133 Å². The Morgan fingerprint density at radius 1 is 0.952 bits per heavy atom. The molecule has 220 valence electrons.